The van der Waals surface area contributed by atoms with E-state index in [1.54, 1.807) is 16.8 Å². The molecule has 0 bridgehead atoms. The quantitative estimate of drug-likeness (QED) is 0.623. The van der Waals surface area contributed by atoms with E-state index < -0.39 is 0 Å². The van der Waals surface area contributed by atoms with Crippen LogP contribution < -0.4 is 4.90 Å². The third-order valence-electron chi connectivity index (χ3n) is 4.08. The molecule has 15 heavy (non-hydrogen) atoms. The molecule has 0 saturated carbocycles. The summed E-state index contributed by atoms with van der Waals surface area (Å²) in [6.45, 7) is 5.91. The molecule has 1 heteroatoms. The molecule has 2 aliphatic rings. The van der Waals surface area contributed by atoms with E-state index in [2.05, 4.69) is 30.9 Å². The molecule has 0 aromatic heterocycles. The van der Waals surface area contributed by atoms with Gasteiger partial charge in [0.05, 0.1) is 0 Å². The second kappa shape index (κ2) is 3.26. The zero-order valence-electron chi connectivity index (χ0n) is 9.71. The lowest BCUT2D eigenvalue weighted by Crippen LogP contribution is -2.41. The molecule has 80 valence electrons. The van der Waals surface area contributed by atoms with E-state index in [1.807, 2.05) is 0 Å². The van der Waals surface area contributed by atoms with Crippen molar-refractivity contribution in [3.63, 3.8) is 0 Å². The molecule has 2 aliphatic heterocycles. The SMILES string of the molecule is Cc1ccc2c3c1CCCN3[C@@H](C)CC2. The third-order valence-corrected chi connectivity index (χ3v) is 4.08. The van der Waals surface area contributed by atoms with Crippen molar-refractivity contribution in [2.24, 2.45) is 0 Å². The molecule has 0 amide bonds. The number of anilines is 1. The average Bonchev–Trinajstić information content (AvgIpc) is 2.27. The van der Waals surface area contributed by atoms with Gasteiger partial charge in [-0.2, -0.15) is 0 Å². The highest BCUT2D eigenvalue weighted by molar-refractivity contribution is 5.65. The van der Waals surface area contributed by atoms with Crippen LogP contribution in [-0.4, -0.2) is 12.6 Å². The Morgan fingerprint density at radius 3 is 3.00 bits per heavy atom. The minimum absolute atomic E-state index is 0.748. The van der Waals surface area contributed by atoms with Gasteiger partial charge < -0.3 is 4.90 Å². The standard InChI is InChI=1S/C14H19N/c1-10-5-7-12-8-6-11(2)15-9-3-4-13(10)14(12)15/h5,7,11H,3-4,6,8-9H2,1-2H3/t11-/m0/s1. The van der Waals surface area contributed by atoms with Crippen molar-refractivity contribution in [2.45, 2.75) is 45.6 Å². The summed E-state index contributed by atoms with van der Waals surface area (Å²) in [5.74, 6) is 0. The van der Waals surface area contributed by atoms with Gasteiger partial charge in [-0.15, -0.1) is 0 Å². The normalized spacial score (nSPS) is 23.9. The molecule has 0 fully saturated rings. The summed E-state index contributed by atoms with van der Waals surface area (Å²) in [7, 11) is 0. The lowest BCUT2D eigenvalue weighted by molar-refractivity contribution is 0.533. The molecule has 0 N–H and O–H groups in total. The Morgan fingerprint density at radius 2 is 2.13 bits per heavy atom. The van der Waals surface area contributed by atoms with E-state index in [9.17, 15) is 0 Å². The first kappa shape index (κ1) is 9.26. The number of hydrogen-bond acceptors (Lipinski definition) is 1. The highest BCUT2D eigenvalue weighted by Crippen LogP contribution is 2.38. The van der Waals surface area contributed by atoms with E-state index in [0.29, 0.717) is 0 Å². The topological polar surface area (TPSA) is 3.24 Å². The van der Waals surface area contributed by atoms with Crippen LogP contribution in [0.1, 0.15) is 36.5 Å². The van der Waals surface area contributed by atoms with Crippen LogP contribution in [0, 0.1) is 6.92 Å². The number of nitrogens with zero attached hydrogens (tertiary/aromatic N) is 1. The fourth-order valence-electron chi connectivity index (χ4n) is 3.16. The Hall–Kier alpha value is -0.980. The monoisotopic (exact) mass is 201 g/mol. The Bertz CT molecular complexity index is 395. The van der Waals surface area contributed by atoms with Crippen molar-refractivity contribution in [1.29, 1.82) is 0 Å². The summed E-state index contributed by atoms with van der Waals surface area (Å²) >= 11 is 0. The van der Waals surface area contributed by atoms with E-state index >= 15 is 0 Å². The minimum Gasteiger partial charge on any atom is -0.368 e. The molecular weight excluding hydrogens is 182 g/mol. The second-order valence-corrected chi connectivity index (χ2v) is 5.05. The van der Waals surface area contributed by atoms with Gasteiger partial charge in [0.25, 0.3) is 0 Å². The Morgan fingerprint density at radius 1 is 1.27 bits per heavy atom. The molecule has 0 aliphatic carbocycles. The minimum atomic E-state index is 0.748. The van der Waals surface area contributed by atoms with Gasteiger partial charge in [-0.3, -0.25) is 0 Å². The largest absolute Gasteiger partial charge is 0.368 e. The van der Waals surface area contributed by atoms with Crippen LogP contribution in [0.3, 0.4) is 0 Å². The molecule has 0 unspecified atom stereocenters. The van der Waals surface area contributed by atoms with Gasteiger partial charge in [-0.05, 0) is 56.2 Å². The van der Waals surface area contributed by atoms with Crippen molar-refractivity contribution < 1.29 is 0 Å². The van der Waals surface area contributed by atoms with Crippen molar-refractivity contribution in [3.05, 3.63) is 28.8 Å². The van der Waals surface area contributed by atoms with Crippen LogP contribution in [0.4, 0.5) is 5.69 Å². The number of rotatable bonds is 0. The molecule has 1 atom stereocenters. The van der Waals surface area contributed by atoms with Crippen LogP contribution in [0.2, 0.25) is 0 Å². The zero-order valence-corrected chi connectivity index (χ0v) is 9.71. The lowest BCUT2D eigenvalue weighted by Gasteiger charge is -2.42. The summed E-state index contributed by atoms with van der Waals surface area (Å²) in [6, 6.07) is 5.41. The molecule has 0 radical (unpaired) electrons. The second-order valence-electron chi connectivity index (χ2n) is 5.05. The first-order valence-electron chi connectivity index (χ1n) is 6.15. The summed E-state index contributed by atoms with van der Waals surface area (Å²) in [6.07, 6.45) is 5.23. The van der Waals surface area contributed by atoms with Gasteiger partial charge in [0.2, 0.25) is 0 Å². The summed E-state index contributed by atoms with van der Waals surface area (Å²) in [5.41, 5.74) is 6.31. The number of aryl methyl sites for hydroxylation is 2. The third kappa shape index (κ3) is 1.29. The fraction of sp³-hybridized carbons (Fsp3) is 0.571. The Kier molecular flexibility index (Phi) is 2.01. The molecule has 0 spiro atoms. The summed E-state index contributed by atoms with van der Waals surface area (Å²) in [4.78, 5) is 2.64. The van der Waals surface area contributed by atoms with Crippen LogP contribution in [0.25, 0.3) is 0 Å². The van der Waals surface area contributed by atoms with Crippen LogP contribution in [0.5, 0.6) is 0 Å². The van der Waals surface area contributed by atoms with E-state index in [-0.39, 0.29) is 0 Å². The van der Waals surface area contributed by atoms with E-state index in [4.69, 9.17) is 0 Å². The van der Waals surface area contributed by atoms with E-state index in [1.165, 1.54) is 37.8 Å². The zero-order chi connectivity index (χ0) is 10.4. The predicted octanol–water partition coefficient (Wildman–Crippen LogP) is 3.08. The molecule has 1 aromatic rings. The fourth-order valence-corrected chi connectivity index (χ4v) is 3.16. The van der Waals surface area contributed by atoms with Gasteiger partial charge >= 0.3 is 0 Å². The van der Waals surface area contributed by atoms with Gasteiger partial charge in [0.15, 0.2) is 0 Å². The molecule has 0 saturated heterocycles. The Balaban J connectivity index is 2.20. The molecule has 2 heterocycles. The highest BCUT2D eigenvalue weighted by atomic mass is 15.2. The molecule has 1 aromatic carbocycles. The van der Waals surface area contributed by atoms with Crippen molar-refractivity contribution in [2.75, 3.05) is 11.4 Å². The van der Waals surface area contributed by atoms with Gasteiger partial charge in [0, 0.05) is 18.3 Å². The smallest absolute Gasteiger partial charge is 0.0436 e. The molecule has 1 nitrogen and oxygen atoms in total. The maximum absolute atomic E-state index is 2.64. The van der Waals surface area contributed by atoms with E-state index in [0.717, 1.165) is 6.04 Å². The first-order valence-corrected chi connectivity index (χ1v) is 6.15. The van der Waals surface area contributed by atoms with Crippen LogP contribution in [-0.2, 0) is 12.8 Å². The maximum Gasteiger partial charge on any atom is 0.0436 e. The Labute approximate surface area is 92.1 Å². The highest BCUT2D eigenvalue weighted by Gasteiger charge is 2.28. The van der Waals surface area contributed by atoms with Crippen LogP contribution in [0.15, 0.2) is 12.1 Å². The van der Waals surface area contributed by atoms with Crippen LogP contribution >= 0.6 is 0 Å². The molecular formula is C14H19N. The molecule has 3 rings (SSSR count). The average molecular weight is 201 g/mol. The van der Waals surface area contributed by atoms with Gasteiger partial charge in [-0.25, -0.2) is 0 Å². The lowest BCUT2D eigenvalue weighted by atomic mass is 9.87. The summed E-state index contributed by atoms with van der Waals surface area (Å²) < 4.78 is 0. The van der Waals surface area contributed by atoms with Gasteiger partial charge in [-0.1, -0.05) is 12.1 Å². The van der Waals surface area contributed by atoms with Crippen molar-refractivity contribution in [3.8, 4) is 0 Å². The number of hydrogen-bond donors (Lipinski definition) is 0. The summed E-state index contributed by atoms with van der Waals surface area (Å²) in [5, 5.41) is 0. The van der Waals surface area contributed by atoms with Crippen molar-refractivity contribution in [1.82, 2.24) is 0 Å². The van der Waals surface area contributed by atoms with Gasteiger partial charge in [0.1, 0.15) is 0 Å². The predicted molar refractivity (Wildman–Crippen MR) is 64.6 cm³/mol. The first-order chi connectivity index (χ1) is 7.27. The number of benzene rings is 1. The maximum atomic E-state index is 2.64. The van der Waals surface area contributed by atoms with Crippen molar-refractivity contribution >= 4 is 5.69 Å².